The first-order chi connectivity index (χ1) is 12.2. The van der Waals surface area contributed by atoms with Crippen molar-refractivity contribution in [1.29, 1.82) is 0 Å². The summed E-state index contributed by atoms with van der Waals surface area (Å²) in [5.74, 6) is -0.0451. The molecule has 2 amide bonds. The zero-order valence-electron chi connectivity index (χ0n) is 14.0. The molecule has 0 bridgehead atoms. The summed E-state index contributed by atoms with van der Waals surface area (Å²) in [6.45, 7) is 1.78. The van der Waals surface area contributed by atoms with E-state index in [0.717, 1.165) is 25.1 Å². The van der Waals surface area contributed by atoms with Crippen molar-refractivity contribution in [2.75, 3.05) is 13.1 Å². The van der Waals surface area contributed by atoms with Crippen LogP contribution in [0.1, 0.15) is 36.6 Å². The van der Waals surface area contributed by atoms with E-state index in [9.17, 15) is 9.59 Å². The number of nitrogens with zero attached hydrogens (tertiary/aromatic N) is 3. The summed E-state index contributed by atoms with van der Waals surface area (Å²) in [5.41, 5.74) is 2.09. The van der Waals surface area contributed by atoms with Crippen LogP contribution < -0.4 is 0 Å². The predicted molar refractivity (Wildman–Crippen MR) is 95.8 cm³/mol. The normalized spacial score (nSPS) is 23.4. The Bertz CT molecular complexity index is 747. The molecule has 5 nitrogen and oxygen atoms in total. The van der Waals surface area contributed by atoms with Crippen LogP contribution in [0.2, 0.25) is 0 Å². The summed E-state index contributed by atoms with van der Waals surface area (Å²) in [6, 6.07) is 7.98. The molecule has 0 N–H and O–H groups in total. The molecule has 4 heterocycles. The maximum atomic E-state index is 13.0. The summed E-state index contributed by atoms with van der Waals surface area (Å²) in [7, 11) is 0. The average molecular weight is 355 g/mol. The van der Waals surface area contributed by atoms with Crippen molar-refractivity contribution >= 4 is 23.2 Å². The first-order valence-electron chi connectivity index (χ1n) is 8.72. The number of carbonyl (C=O) groups is 2. The van der Waals surface area contributed by atoms with Crippen molar-refractivity contribution in [1.82, 2.24) is 14.8 Å². The number of rotatable bonds is 4. The summed E-state index contributed by atoms with van der Waals surface area (Å²) in [4.78, 5) is 33.4. The van der Waals surface area contributed by atoms with Crippen molar-refractivity contribution < 1.29 is 9.59 Å². The number of aromatic nitrogens is 1. The van der Waals surface area contributed by atoms with Crippen molar-refractivity contribution in [2.45, 2.75) is 31.8 Å². The molecule has 2 aliphatic heterocycles. The van der Waals surface area contributed by atoms with Gasteiger partial charge in [-0.05, 0) is 47.4 Å². The largest absolute Gasteiger partial charge is 0.336 e. The second kappa shape index (κ2) is 6.96. The van der Waals surface area contributed by atoms with Gasteiger partial charge in [-0.25, -0.2) is 0 Å². The predicted octanol–water partition coefficient (Wildman–Crippen LogP) is 2.86. The highest BCUT2D eigenvalue weighted by molar-refractivity contribution is 7.08. The molecule has 2 aromatic rings. The number of amides is 2. The van der Waals surface area contributed by atoms with E-state index in [2.05, 4.69) is 21.8 Å². The molecule has 0 unspecified atom stereocenters. The number of thiophene rings is 1. The number of hydrogen-bond acceptors (Lipinski definition) is 4. The minimum absolute atomic E-state index is 0.0512. The number of pyridine rings is 1. The Morgan fingerprint density at radius 1 is 1.32 bits per heavy atom. The van der Waals surface area contributed by atoms with E-state index in [-0.39, 0.29) is 23.8 Å². The van der Waals surface area contributed by atoms with Gasteiger partial charge in [0.1, 0.15) is 0 Å². The molecule has 2 aromatic heterocycles. The van der Waals surface area contributed by atoms with Gasteiger partial charge in [0.25, 0.3) is 0 Å². The van der Waals surface area contributed by atoms with Crippen LogP contribution in [0.5, 0.6) is 0 Å². The first-order valence-corrected chi connectivity index (χ1v) is 9.67. The van der Waals surface area contributed by atoms with E-state index in [4.69, 9.17) is 0 Å². The molecule has 0 aromatic carbocycles. The van der Waals surface area contributed by atoms with Gasteiger partial charge in [-0.3, -0.25) is 14.6 Å². The highest BCUT2D eigenvalue weighted by atomic mass is 32.1. The molecular formula is C19H21N3O2S. The summed E-state index contributed by atoms with van der Waals surface area (Å²) < 4.78 is 0. The Kier molecular flexibility index (Phi) is 4.53. The number of likely N-dealkylation sites (tertiary alicyclic amines) is 2. The van der Waals surface area contributed by atoms with Crippen LogP contribution in [-0.2, 0) is 16.1 Å². The van der Waals surface area contributed by atoms with Gasteiger partial charge in [0, 0.05) is 25.7 Å². The highest BCUT2D eigenvalue weighted by Gasteiger charge is 2.40. The standard InChI is InChI=1S/C19H21N3O2S/c23-18-10-15(11-21(18)12-16-4-1-2-7-20-16)19(24)22-8-3-5-17(22)14-6-9-25-13-14/h1-2,4,6-7,9,13,15,17H,3,5,8,10-12H2/t15-,17-/m0/s1. The highest BCUT2D eigenvalue weighted by Crippen LogP contribution is 2.35. The quantitative estimate of drug-likeness (QED) is 0.847. The fourth-order valence-corrected chi connectivity index (χ4v) is 4.56. The molecule has 130 valence electrons. The Morgan fingerprint density at radius 3 is 3.00 bits per heavy atom. The van der Waals surface area contributed by atoms with Gasteiger partial charge >= 0.3 is 0 Å². The van der Waals surface area contributed by atoms with Crippen molar-refractivity contribution in [3.63, 3.8) is 0 Å². The third-order valence-electron chi connectivity index (χ3n) is 5.11. The van der Waals surface area contributed by atoms with Gasteiger partial charge < -0.3 is 9.80 Å². The van der Waals surface area contributed by atoms with Gasteiger partial charge in [0.05, 0.1) is 24.2 Å². The summed E-state index contributed by atoms with van der Waals surface area (Å²) in [6.07, 6.45) is 4.10. The lowest BCUT2D eigenvalue weighted by atomic mass is 10.0. The minimum atomic E-state index is -0.226. The van der Waals surface area contributed by atoms with E-state index < -0.39 is 0 Å². The SMILES string of the molecule is O=C1C[C@H](C(=O)N2CCC[C@H]2c2ccsc2)CN1Cc1ccccn1. The molecule has 2 fully saturated rings. The van der Waals surface area contributed by atoms with Crippen LogP contribution in [0.4, 0.5) is 0 Å². The molecule has 2 saturated heterocycles. The Balaban J connectivity index is 1.43. The number of carbonyl (C=O) groups excluding carboxylic acids is 2. The maximum Gasteiger partial charge on any atom is 0.228 e. The third kappa shape index (κ3) is 3.31. The van der Waals surface area contributed by atoms with E-state index >= 15 is 0 Å². The van der Waals surface area contributed by atoms with E-state index in [1.165, 1.54) is 5.56 Å². The first kappa shape index (κ1) is 16.3. The topological polar surface area (TPSA) is 53.5 Å². The van der Waals surface area contributed by atoms with Crippen LogP contribution in [0.15, 0.2) is 41.2 Å². The fraction of sp³-hybridized carbons (Fsp3) is 0.421. The van der Waals surface area contributed by atoms with Gasteiger partial charge in [-0.15, -0.1) is 0 Å². The van der Waals surface area contributed by atoms with Gasteiger partial charge in [0.2, 0.25) is 11.8 Å². The molecule has 25 heavy (non-hydrogen) atoms. The monoisotopic (exact) mass is 355 g/mol. The molecule has 2 atom stereocenters. The van der Waals surface area contributed by atoms with Crippen LogP contribution in [0, 0.1) is 5.92 Å². The molecule has 0 spiro atoms. The van der Waals surface area contributed by atoms with Crippen molar-refractivity contribution in [3.05, 3.63) is 52.5 Å². The lowest BCUT2D eigenvalue weighted by molar-refractivity contribution is -0.136. The fourth-order valence-electron chi connectivity index (χ4n) is 3.85. The Labute approximate surface area is 151 Å². The second-order valence-electron chi connectivity index (χ2n) is 6.74. The van der Waals surface area contributed by atoms with Gasteiger partial charge in [-0.2, -0.15) is 11.3 Å². The second-order valence-corrected chi connectivity index (χ2v) is 7.52. The summed E-state index contributed by atoms with van der Waals surface area (Å²) >= 11 is 1.67. The molecule has 2 aliphatic rings. The smallest absolute Gasteiger partial charge is 0.228 e. The zero-order chi connectivity index (χ0) is 17.2. The zero-order valence-corrected chi connectivity index (χ0v) is 14.8. The lowest BCUT2D eigenvalue weighted by Gasteiger charge is -2.27. The van der Waals surface area contributed by atoms with E-state index in [1.54, 1.807) is 22.4 Å². The van der Waals surface area contributed by atoms with Crippen LogP contribution in [0.25, 0.3) is 0 Å². The molecule has 0 radical (unpaired) electrons. The molecular weight excluding hydrogens is 334 g/mol. The molecule has 6 heteroatoms. The van der Waals surface area contributed by atoms with Gasteiger partial charge in [0.15, 0.2) is 0 Å². The van der Waals surface area contributed by atoms with Crippen LogP contribution in [-0.4, -0.2) is 39.7 Å². The molecule has 4 rings (SSSR count). The third-order valence-corrected chi connectivity index (χ3v) is 5.81. The van der Waals surface area contributed by atoms with E-state index in [1.807, 2.05) is 23.1 Å². The number of hydrogen-bond donors (Lipinski definition) is 0. The lowest BCUT2D eigenvalue weighted by Crippen LogP contribution is -2.37. The van der Waals surface area contributed by atoms with Crippen LogP contribution >= 0.6 is 11.3 Å². The summed E-state index contributed by atoms with van der Waals surface area (Å²) in [5, 5.41) is 4.19. The molecule has 0 saturated carbocycles. The van der Waals surface area contributed by atoms with Gasteiger partial charge in [-0.1, -0.05) is 6.07 Å². The van der Waals surface area contributed by atoms with Crippen molar-refractivity contribution in [3.8, 4) is 0 Å². The average Bonchev–Trinajstić information content (AvgIpc) is 3.36. The van der Waals surface area contributed by atoms with Crippen molar-refractivity contribution in [2.24, 2.45) is 5.92 Å². The minimum Gasteiger partial charge on any atom is -0.336 e. The van der Waals surface area contributed by atoms with E-state index in [0.29, 0.717) is 19.5 Å². The molecule has 0 aliphatic carbocycles. The Hall–Kier alpha value is -2.21. The Morgan fingerprint density at radius 2 is 2.24 bits per heavy atom. The van der Waals surface area contributed by atoms with Crippen LogP contribution in [0.3, 0.4) is 0 Å². The maximum absolute atomic E-state index is 13.0.